The van der Waals surface area contributed by atoms with Crippen LogP contribution in [0.25, 0.3) is 11.4 Å². The first-order chi connectivity index (χ1) is 8.79. The zero-order valence-electron chi connectivity index (χ0n) is 9.97. The van der Waals surface area contributed by atoms with Crippen molar-refractivity contribution in [1.82, 2.24) is 15.0 Å². The van der Waals surface area contributed by atoms with Crippen LogP contribution in [0.4, 0.5) is 5.82 Å². The van der Waals surface area contributed by atoms with E-state index < -0.39 is 0 Å². The third-order valence-corrected chi connectivity index (χ3v) is 3.95. The molecule has 18 heavy (non-hydrogen) atoms. The zero-order valence-corrected chi connectivity index (χ0v) is 10.8. The van der Waals surface area contributed by atoms with Gasteiger partial charge in [-0.3, -0.25) is 4.98 Å². The molecule has 3 N–H and O–H groups in total. The first-order valence-corrected chi connectivity index (χ1v) is 6.80. The molecular formula is C12H13N5S. The largest absolute Gasteiger partial charge is 0.308 e. The molecule has 0 fully saturated rings. The van der Waals surface area contributed by atoms with Gasteiger partial charge in [-0.25, -0.2) is 15.8 Å². The van der Waals surface area contributed by atoms with Gasteiger partial charge in [0.15, 0.2) is 5.82 Å². The van der Waals surface area contributed by atoms with Gasteiger partial charge in [0, 0.05) is 35.0 Å². The number of hydrogen-bond donors (Lipinski definition) is 2. The highest BCUT2D eigenvalue weighted by molar-refractivity contribution is 7.98. The van der Waals surface area contributed by atoms with Crippen molar-refractivity contribution in [1.29, 1.82) is 0 Å². The topological polar surface area (TPSA) is 76.7 Å². The van der Waals surface area contributed by atoms with Gasteiger partial charge in [-0.2, -0.15) is 11.8 Å². The summed E-state index contributed by atoms with van der Waals surface area (Å²) in [4.78, 5) is 13.2. The summed E-state index contributed by atoms with van der Waals surface area (Å²) >= 11 is 1.83. The van der Waals surface area contributed by atoms with Crippen molar-refractivity contribution in [3.8, 4) is 11.4 Å². The van der Waals surface area contributed by atoms with E-state index in [1.807, 2.05) is 30.9 Å². The van der Waals surface area contributed by atoms with E-state index in [4.69, 9.17) is 5.84 Å². The molecule has 6 heteroatoms. The second-order valence-corrected chi connectivity index (χ2v) is 5.13. The smallest absolute Gasteiger partial charge is 0.162 e. The van der Waals surface area contributed by atoms with Crippen LogP contribution in [0.3, 0.4) is 0 Å². The average Bonchev–Trinajstić information content (AvgIpc) is 2.86. The molecule has 0 unspecified atom stereocenters. The molecule has 0 bridgehead atoms. The van der Waals surface area contributed by atoms with E-state index in [2.05, 4.69) is 20.4 Å². The van der Waals surface area contributed by atoms with Crippen LogP contribution in [0, 0.1) is 6.92 Å². The van der Waals surface area contributed by atoms with Gasteiger partial charge < -0.3 is 5.43 Å². The summed E-state index contributed by atoms with van der Waals surface area (Å²) in [5, 5.41) is 0. The minimum atomic E-state index is 0.712. The first kappa shape index (κ1) is 11.4. The van der Waals surface area contributed by atoms with Crippen LogP contribution in [-0.4, -0.2) is 15.0 Å². The number of rotatable bonds is 2. The summed E-state index contributed by atoms with van der Waals surface area (Å²) in [6.07, 6.45) is 3.57. The number of pyridine rings is 1. The molecule has 2 aromatic heterocycles. The Morgan fingerprint density at radius 3 is 3.00 bits per heavy atom. The molecule has 0 radical (unpaired) electrons. The third kappa shape index (κ3) is 1.83. The van der Waals surface area contributed by atoms with Gasteiger partial charge in [-0.15, -0.1) is 0 Å². The fraction of sp³-hybridized carbons (Fsp3) is 0.250. The van der Waals surface area contributed by atoms with Crippen LogP contribution in [0.5, 0.6) is 0 Å². The van der Waals surface area contributed by atoms with E-state index >= 15 is 0 Å². The number of thioether (sulfide) groups is 1. The van der Waals surface area contributed by atoms with E-state index in [-0.39, 0.29) is 0 Å². The highest BCUT2D eigenvalue weighted by Gasteiger charge is 2.20. The molecule has 1 aliphatic rings. The van der Waals surface area contributed by atoms with Crippen LogP contribution in [0.15, 0.2) is 18.5 Å². The number of nitrogens with one attached hydrogen (secondary N) is 1. The number of aromatic nitrogens is 3. The molecule has 0 saturated carbocycles. The number of aryl methyl sites for hydroxylation is 1. The minimum absolute atomic E-state index is 0.712. The highest BCUT2D eigenvalue weighted by atomic mass is 32.2. The number of nitrogens with two attached hydrogens (primary N) is 1. The Kier molecular flexibility index (Phi) is 2.89. The summed E-state index contributed by atoms with van der Waals surface area (Å²) in [7, 11) is 0. The van der Waals surface area contributed by atoms with Gasteiger partial charge in [0.1, 0.15) is 5.82 Å². The molecule has 0 aliphatic carbocycles. The predicted octanol–water partition coefficient (Wildman–Crippen LogP) is 1.88. The fourth-order valence-corrected chi connectivity index (χ4v) is 3.06. The number of nitrogen functional groups attached to an aromatic ring is 1. The number of anilines is 1. The van der Waals surface area contributed by atoms with Gasteiger partial charge in [0.2, 0.25) is 0 Å². The molecule has 5 nitrogen and oxygen atoms in total. The third-order valence-electron chi connectivity index (χ3n) is 2.98. The molecule has 0 saturated heterocycles. The Bertz CT molecular complexity index is 599. The molecular weight excluding hydrogens is 246 g/mol. The standard InChI is InChI=1S/C12H13N5S/c1-7-4-14-3-2-8(7)11-15-10-6-18-5-9(10)12(16-11)17-13/h2-4H,5-6,13H2,1H3,(H,15,16,17). The lowest BCUT2D eigenvalue weighted by molar-refractivity contribution is 1.05. The van der Waals surface area contributed by atoms with Gasteiger partial charge in [0.25, 0.3) is 0 Å². The zero-order chi connectivity index (χ0) is 12.5. The summed E-state index contributed by atoms with van der Waals surface area (Å²) in [5.41, 5.74) is 6.94. The van der Waals surface area contributed by atoms with E-state index in [1.165, 1.54) is 0 Å². The summed E-state index contributed by atoms with van der Waals surface area (Å²) in [5.74, 6) is 8.83. The maximum atomic E-state index is 5.55. The molecule has 0 aromatic carbocycles. The van der Waals surface area contributed by atoms with Crippen molar-refractivity contribution in [2.45, 2.75) is 18.4 Å². The van der Waals surface area contributed by atoms with E-state index in [0.29, 0.717) is 5.82 Å². The van der Waals surface area contributed by atoms with Crippen molar-refractivity contribution >= 4 is 17.6 Å². The van der Waals surface area contributed by atoms with Gasteiger partial charge >= 0.3 is 0 Å². The summed E-state index contributed by atoms with van der Waals surface area (Å²) in [6, 6.07) is 1.93. The molecule has 2 aromatic rings. The molecule has 0 spiro atoms. The number of nitrogens with zero attached hydrogens (tertiary/aromatic N) is 3. The lowest BCUT2D eigenvalue weighted by atomic mass is 10.1. The van der Waals surface area contributed by atoms with E-state index in [9.17, 15) is 0 Å². The summed E-state index contributed by atoms with van der Waals surface area (Å²) < 4.78 is 0. The van der Waals surface area contributed by atoms with Gasteiger partial charge in [-0.1, -0.05) is 0 Å². The lowest BCUT2D eigenvalue weighted by Gasteiger charge is -2.10. The SMILES string of the molecule is Cc1cnccc1-c1nc2c(c(NN)n1)CSC2. The second-order valence-electron chi connectivity index (χ2n) is 4.15. The van der Waals surface area contributed by atoms with Crippen LogP contribution < -0.4 is 11.3 Å². The summed E-state index contributed by atoms with van der Waals surface area (Å²) in [6.45, 7) is 2.00. The Morgan fingerprint density at radius 1 is 1.33 bits per heavy atom. The van der Waals surface area contributed by atoms with Crippen LogP contribution in [0.1, 0.15) is 16.8 Å². The molecule has 1 aliphatic heterocycles. The maximum absolute atomic E-state index is 5.55. The molecule has 0 atom stereocenters. The Labute approximate surface area is 109 Å². The minimum Gasteiger partial charge on any atom is -0.308 e. The number of hydrazine groups is 1. The van der Waals surface area contributed by atoms with Crippen molar-refractivity contribution in [3.63, 3.8) is 0 Å². The predicted molar refractivity (Wildman–Crippen MR) is 72.8 cm³/mol. The van der Waals surface area contributed by atoms with Crippen LogP contribution in [-0.2, 0) is 11.5 Å². The Morgan fingerprint density at radius 2 is 2.22 bits per heavy atom. The molecule has 92 valence electrons. The van der Waals surface area contributed by atoms with Crippen LogP contribution in [0.2, 0.25) is 0 Å². The van der Waals surface area contributed by atoms with Gasteiger partial charge in [-0.05, 0) is 18.6 Å². The molecule has 0 amide bonds. The first-order valence-electron chi connectivity index (χ1n) is 5.64. The van der Waals surface area contributed by atoms with E-state index in [1.54, 1.807) is 6.20 Å². The van der Waals surface area contributed by atoms with E-state index in [0.717, 1.165) is 39.7 Å². The lowest BCUT2D eigenvalue weighted by Crippen LogP contribution is -2.13. The normalized spacial score (nSPS) is 13.4. The quantitative estimate of drug-likeness (QED) is 0.633. The Hall–Kier alpha value is -1.66. The average molecular weight is 259 g/mol. The monoisotopic (exact) mass is 259 g/mol. The maximum Gasteiger partial charge on any atom is 0.162 e. The second kappa shape index (κ2) is 4.55. The van der Waals surface area contributed by atoms with Crippen LogP contribution >= 0.6 is 11.8 Å². The fourth-order valence-electron chi connectivity index (χ4n) is 2.02. The van der Waals surface area contributed by atoms with Crippen molar-refractivity contribution < 1.29 is 0 Å². The number of fused-ring (bicyclic) bond motifs is 1. The molecule has 3 heterocycles. The Balaban J connectivity index is 2.17. The van der Waals surface area contributed by atoms with Crippen molar-refractivity contribution in [2.75, 3.05) is 5.43 Å². The highest BCUT2D eigenvalue weighted by Crippen LogP contribution is 2.34. The number of hydrogen-bond acceptors (Lipinski definition) is 6. The van der Waals surface area contributed by atoms with Gasteiger partial charge in [0.05, 0.1) is 5.69 Å². The van der Waals surface area contributed by atoms with Crippen molar-refractivity contribution in [3.05, 3.63) is 35.3 Å². The van der Waals surface area contributed by atoms with Crippen molar-refractivity contribution in [2.24, 2.45) is 5.84 Å². The molecule has 3 rings (SSSR count).